The number of nitrogens with one attached hydrogen (secondary N) is 1. The Labute approximate surface area is 216 Å². The van der Waals surface area contributed by atoms with E-state index in [0.717, 1.165) is 11.1 Å². The Hall–Kier alpha value is -4.07. The molecular weight excluding hydrogens is 475 g/mol. The molecule has 3 aromatic carbocycles. The maximum Gasteiger partial charge on any atom is 0.414 e. The predicted molar refractivity (Wildman–Crippen MR) is 140 cm³/mol. The van der Waals surface area contributed by atoms with Crippen LogP contribution < -0.4 is 19.7 Å². The quantitative estimate of drug-likeness (QED) is 0.440. The van der Waals surface area contributed by atoms with Crippen LogP contribution in [0.15, 0.2) is 60.7 Å². The van der Waals surface area contributed by atoms with Gasteiger partial charge in [0.2, 0.25) is 0 Å². The van der Waals surface area contributed by atoms with E-state index in [1.807, 2.05) is 19.1 Å². The Morgan fingerprint density at radius 2 is 1.68 bits per heavy atom. The van der Waals surface area contributed by atoms with Gasteiger partial charge in [0, 0.05) is 30.1 Å². The van der Waals surface area contributed by atoms with Gasteiger partial charge in [-0.3, -0.25) is 9.69 Å². The Balaban J connectivity index is 1.59. The average Bonchev–Trinajstić information content (AvgIpc) is 2.90. The highest BCUT2D eigenvalue weighted by Gasteiger charge is 2.36. The van der Waals surface area contributed by atoms with Gasteiger partial charge in [0.1, 0.15) is 5.82 Å². The van der Waals surface area contributed by atoms with E-state index in [-0.39, 0.29) is 30.3 Å². The highest BCUT2D eigenvalue weighted by atomic mass is 19.1. The molecule has 0 saturated carbocycles. The van der Waals surface area contributed by atoms with Gasteiger partial charge in [0.25, 0.3) is 5.91 Å². The fourth-order valence-electron chi connectivity index (χ4n) is 4.79. The number of hydrogen-bond acceptors (Lipinski definition) is 5. The molecule has 194 valence electrons. The number of anilines is 1. The van der Waals surface area contributed by atoms with Crippen molar-refractivity contribution in [1.82, 2.24) is 5.32 Å². The van der Waals surface area contributed by atoms with Gasteiger partial charge < -0.3 is 19.5 Å². The molecule has 0 fully saturated rings. The third-order valence-corrected chi connectivity index (χ3v) is 6.55. The molecule has 1 aliphatic heterocycles. The number of ether oxygens (including phenoxy) is 3. The molecule has 0 aromatic heterocycles. The zero-order valence-corrected chi connectivity index (χ0v) is 21.4. The molecule has 0 aliphatic carbocycles. The molecule has 1 N–H and O–H groups in total. The lowest BCUT2D eigenvalue weighted by Crippen LogP contribution is -2.45. The van der Waals surface area contributed by atoms with Gasteiger partial charge in [-0.25, -0.2) is 9.18 Å². The molecule has 8 heteroatoms. The summed E-state index contributed by atoms with van der Waals surface area (Å²) in [5.74, 6) is 0.397. The summed E-state index contributed by atoms with van der Waals surface area (Å²) >= 11 is 0. The molecule has 37 heavy (non-hydrogen) atoms. The highest BCUT2D eigenvalue weighted by Crippen LogP contribution is 2.44. The van der Waals surface area contributed by atoms with Crippen molar-refractivity contribution in [2.24, 2.45) is 0 Å². The van der Waals surface area contributed by atoms with Gasteiger partial charge in [-0.05, 0) is 67.3 Å². The van der Waals surface area contributed by atoms with Crippen LogP contribution in [0.25, 0.3) is 11.1 Å². The van der Waals surface area contributed by atoms with Crippen LogP contribution in [-0.4, -0.2) is 45.4 Å². The Kier molecular flexibility index (Phi) is 7.96. The van der Waals surface area contributed by atoms with Gasteiger partial charge in [-0.2, -0.15) is 0 Å². The second kappa shape index (κ2) is 11.3. The van der Waals surface area contributed by atoms with Gasteiger partial charge in [0.05, 0.1) is 26.5 Å². The minimum absolute atomic E-state index is 0.0779. The van der Waals surface area contributed by atoms with Crippen molar-refractivity contribution in [3.63, 3.8) is 0 Å². The molecule has 0 radical (unpaired) electrons. The van der Waals surface area contributed by atoms with Crippen molar-refractivity contribution < 1.29 is 28.2 Å². The van der Waals surface area contributed by atoms with Crippen LogP contribution in [0.3, 0.4) is 0 Å². The minimum atomic E-state index is -0.430. The second-order valence-corrected chi connectivity index (χ2v) is 8.92. The number of amides is 2. The predicted octanol–water partition coefficient (Wildman–Crippen LogP) is 5.78. The van der Waals surface area contributed by atoms with Crippen LogP contribution in [-0.2, 0) is 4.74 Å². The van der Waals surface area contributed by atoms with Crippen LogP contribution in [0.2, 0.25) is 0 Å². The standard InChI is InChI=1S/C29H31FN2O5/c1-5-37-29(34)32-18(2)12-22(24-15-26(35-3)27(36-4)16-25(24)32)17-31-28(33)21-10-6-8-19(13-21)20-9-7-11-23(30)14-20/h6-11,13-16,18,22H,5,12,17H2,1-4H3,(H,31,33). The largest absolute Gasteiger partial charge is 0.493 e. The number of nitrogens with zero attached hydrogens (tertiary/aromatic N) is 1. The summed E-state index contributed by atoms with van der Waals surface area (Å²) in [5.41, 5.74) is 3.46. The monoisotopic (exact) mass is 506 g/mol. The van der Waals surface area contributed by atoms with E-state index in [1.54, 1.807) is 62.4 Å². The second-order valence-electron chi connectivity index (χ2n) is 8.92. The summed E-state index contributed by atoms with van der Waals surface area (Å²) in [7, 11) is 3.10. The molecule has 3 aromatic rings. The normalized spacial score (nSPS) is 16.5. The first kappa shape index (κ1) is 26.0. The smallest absolute Gasteiger partial charge is 0.414 e. The summed E-state index contributed by atoms with van der Waals surface area (Å²) in [6.07, 6.45) is 0.186. The molecule has 4 rings (SSSR count). The van der Waals surface area contributed by atoms with E-state index in [9.17, 15) is 14.0 Å². The molecule has 1 aliphatic rings. The minimum Gasteiger partial charge on any atom is -0.493 e. The van der Waals surface area contributed by atoms with Gasteiger partial charge in [0.15, 0.2) is 11.5 Å². The fourth-order valence-corrected chi connectivity index (χ4v) is 4.79. The lowest BCUT2D eigenvalue weighted by Gasteiger charge is -2.39. The van der Waals surface area contributed by atoms with Crippen molar-refractivity contribution >= 4 is 17.7 Å². The van der Waals surface area contributed by atoms with E-state index in [2.05, 4.69) is 5.32 Å². The molecule has 7 nitrogen and oxygen atoms in total. The van der Waals surface area contributed by atoms with E-state index >= 15 is 0 Å². The van der Waals surface area contributed by atoms with Crippen molar-refractivity contribution in [2.45, 2.75) is 32.2 Å². The van der Waals surface area contributed by atoms with E-state index in [0.29, 0.717) is 41.3 Å². The molecule has 0 spiro atoms. The molecule has 0 bridgehead atoms. The fraction of sp³-hybridized carbons (Fsp3) is 0.310. The first-order chi connectivity index (χ1) is 17.9. The highest BCUT2D eigenvalue weighted by molar-refractivity contribution is 5.95. The molecular formula is C29H31FN2O5. The number of halogens is 1. The molecule has 1 heterocycles. The van der Waals surface area contributed by atoms with Crippen molar-refractivity contribution in [1.29, 1.82) is 0 Å². The lowest BCUT2D eigenvalue weighted by atomic mass is 9.85. The van der Waals surface area contributed by atoms with Gasteiger partial charge in [-0.1, -0.05) is 24.3 Å². The number of hydrogen-bond donors (Lipinski definition) is 1. The van der Waals surface area contributed by atoms with E-state index < -0.39 is 6.09 Å². The zero-order chi connectivity index (χ0) is 26.5. The van der Waals surface area contributed by atoms with Gasteiger partial charge >= 0.3 is 6.09 Å². The number of carbonyl (C=O) groups excluding carboxylic acids is 2. The summed E-state index contributed by atoms with van der Waals surface area (Å²) in [6, 6.07) is 16.8. The Morgan fingerprint density at radius 3 is 2.35 bits per heavy atom. The summed E-state index contributed by atoms with van der Waals surface area (Å²) in [6.45, 7) is 4.34. The van der Waals surface area contributed by atoms with Gasteiger partial charge in [-0.15, -0.1) is 0 Å². The molecule has 2 atom stereocenters. The van der Waals surface area contributed by atoms with Crippen molar-refractivity contribution in [2.75, 3.05) is 32.3 Å². The average molecular weight is 507 g/mol. The summed E-state index contributed by atoms with van der Waals surface area (Å²) < 4.78 is 30.0. The Bertz CT molecular complexity index is 1300. The van der Waals surface area contributed by atoms with Crippen LogP contribution in [0, 0.1) is 5.82 Å². The lowest BCUT2D eigenvalue weighted by molar-refractivity contribution is 0.0949. The van der Waals surface area contributed by atoms with Crippen molar-refractivity contribution in [3.05, 3.63) is 77.6 Å². The van der Waals surface area contributed by atoms with Crippen LogP contribution in [0.1, 0.15) is 42.1 Å². The number of methoxy groups -OCH3 is 2. The summed E-state index contributed by atoms with van der Waals surface area (Å²) in [4.78, 5) is 27.5. The van der Waals surface area contributed by atoms with E-state index in [4.69, 9.17) is 14.2 Å². The molecule has 2 unspecified atom stereocenters. The third-order valence-electron chi connectivity index (χ3n) is 6.55. The van der Waals surface area contributed by atoms with Crippen LogP contribution >= 0.6 is 0 Å². The molecule has 0 saturated heterocycles. The third kappa shape index (κ3) is 5.53. The summed E-state index contributed by atoms with van der Waals surface area (Å²) in [5, 5.41) is 3.04. The Morgan fingerprint density at radius 1 is 1.00 bits per heavy atom. The van der Waals surface area contributed by atoms with Crippen LogP contribution in [0.4, 0.5) is 14.9 Å². The number of benzene rings is 3. The topological polar surface area (TPSA) is 77.1 Å². The SMILES string of the molecule is CCOC(=O)N1c2cc(OC)c(OC)cc2C(CNC(=O)c2cccc(-c3cccc(F)c3)c2)CC1C. The van der Waals surface area contributed by atoms with Crippen molar-refractivity contribution in [3.8, 4) is 22.6 Å². The maximum absolute atomic E-state index is 13.7. The first-order valence-electron chi connectivity index (χ1n) is 12.2. The first-order valence-corrected chi connectivity index (χ1v) is 12.2. The number of rotatable bonds is 7. The number of fused-ring (bicyclic) bond motifs is 1. The van der Waals surface area contributed by atoms with E-state index in [1.165, 1.54) is 12.1 Å². The van der Waals surface area contributed by atoms with Crippen LogP contribution in [0.5, 0.6) is 11.5 Å². The number of carbonyl (C=O) groups is 2. The maximum atomic E-state index is 13.7. The molecule has 2 amide bonds. The zero-order valence-electron chi connectivity index (χ0n) is 21.4.